The van der Waals surface area contributed by atoms with Crippen molar-refractivity contribution in [1.29, 1.82) is 0 Å². The molecule has 1 aliphatic rings. The number of hydrogen-bond acceptors (Lipinski definition) is 6. The zero-order valence-electron chi connectivity index (χ0n) is 21.6. The maximum atomic E-state index is 14.0. The number of halogens is 1. The summed E-state index contributed by atoms with van der Waals surface area (Å²) in [6, 6.07) is 7.72. The number of nitrogens with zero attached hydrogens (tertiary/aromatic N) is 1. The van der Waals surface area contributed by atoms with Crippen LogP contribution >= 0.6 is 0 Å². The Morgan fingerprint density at radius 2 is 1.94 bits per heavy atom. The van der Waals surface area contributed by atoms with Crippen molar-refractivity contribution in [3.05, 3.63) is 65.1 Å². The van der Waals surface area contributed by atoms with Gasteiger partial charge in [0.05, 0.1) is 5.56 Å². The number of nitrogens with one attached hydrogen (secondary N) is 2. The Bertz CT molecular complexity index is 1140. The molecule has 2 aromatic rings. The molecule has 1 aliphatic heterocycles. The number of benzene rings is 2. The van der Waals surface area contributed by atoms with Gasteiger partial charge in [0.25, 0.3) is 5.91 Å². The van der Waals surface area contributed by atoms with Crippen LogP contribution < -0.4 is 25.8 Å². The minimum absolute atomic E-state index is 0.0345. The van der Waals surface area contributed by atoms with Crippen LogP contribution in [0.2, 0.25) is 0 Å². The molecule has 194 valence electrons. The van der Waals surface area contributed by atoms with Crippen molar-refractivity contribution in [3.8, 4) is 17.2 Å². The molecular weight excluding hydrogens is 463 g/mol. The van der Waals surface area contributed by atoms with E-state index < -0.39 is 17.3 Å². The fraction of sp³-hybridized carbons (Fsp3) is 0.370. The number of fused-ring (bicyclic) bond motifs is 1. The molecule has 0 spiro atoms. The van der Waals surface area contributed by atoms with Crippen molar-refractivity contribution in [3.63, 3.8) is 0 Å². The first kappa shape index (κ1) is 28.5. The van der Waals surface area contributed by atoms with Crippen molar-refractivity contribution in [1.82, 2.24) is 10.6 Å². The molecule has 0 atom stereocenters. The topological polar surface area (TPSA) is 115 Å². The maximum Gasteiger partial charge on any atom is 0.279 e. The molecule has 9 heteroatoms. The lowest BCUT2D eigenvalue weighted by Gasteiger charge is -2.33. The first-order valence-corrected chi connectivity index (χ1v) is 11.7. The van der Waals surface area contributed by atoms with Crippen LogP contribution in [0.4, 0.5) is 4.39 Å². The van der Waals surface area contributed by atoms with Crippen molar-refractivity contribution in [2.24, 2.45) is 10.7 Å². The monoisotopic (exact) mass is 498 g/mol. The lowest BCUT2D eigenvalue weighted by molar-refractivity contribution is 0.0831. The highest BCUT2D eigenvalue weighted by molar-refractivity contribution is 6.06. The van der Waals surface area contributed by atoms with E-state index in [2.05, 4.69) is 29.5 Å². The SMILES string of the molecule is CN/C=C\C(N)=NC(=O)c1cc(Oc2ccc(C=O)c(F)c2)c2c(c1)OC(C)(C)CC2.CNC(C)C. The Hall–Kier alpha value is -3.72. The highest BCUT2D eigenvalue weighted by Crippen LogP contribution is 2.41. The van der Waals surface area contributed by atoms with Crippen LogP contribution in [0.1, 0.15) is 60.4 Å². The largest absolute Gasteiger partial charge is 0.487 e. The molecule has 0 bridgehead atoms. The standard InChI is InChI=1S/C23H24FN3O4.C4H11N/c1-23(2)8-6-17-19(30-16-5-4-14(13-28)18(24)12-16)10-15(11-20(17)31-23)22(29)27-21(25)7-9-26-3;1-4(2)5-3/h4-5,7,9-13,26H,6,8H2,1-3H3,(H2,25,27,29);4-5H,1-3H3/b9-7-;. The van der Waals surface area contributed by atoms with E-state index in [-0.39, 0.29) is 22.7 Å². The van der Waals surface area contributed by atoms with Crippen LogP contribution in [0.5, 0.6) is 17.2 Å². The first-order chi connectivity index (χ1) is 17.0. The number of ether oxygens (including phenoxy) is 2. The van der Waals surface area contributed by atoms with Crippen molar-refractivity contribution >= 4 is 18.0 Å². The smallest absolute Gasteiger partial charge is 0.279 e. The summed E-state index contributed by atoms with van der Waals surface area (Å²) in [6.07, 6.45) is 4.84. The summed E-state index contributed by atoms with van der Waals surface area (Å²) in [5.41, 5.74) is 6.26. The highest BCUT2D eigenvalue weighted by Gasteiger charge is 2.30. The summed E-state index contributed by atoms with van der Waals surface area (Å²) in [5, 5.41) is 5.79. The molecule has 0 unspecified atom stereocenters. The van der Waals surface area contributed by atoms with E-state index in [1.165, 1.54) is 24.3 Å². The molecular formula is C27H35FN4O4. The van der Waals surface area contributed by atoms with E-state index in [0.29, 0.717) is 30.2 Å². The second kappa shape index (κ2) is 12.8. The third kappa shape index (κ3) is 8.20. The van der Waals surface area contributed by atoms with Gasteiger partial charge < -0.3 is 25.8 Å². The van der Waals surface area contributed by atoms with E-state index in [1.54, 1.807) is 19.3 Å². The lowest BCUT2D eigenvalue weighted by Crippen LogP contribution is -2.32. The van der Waals surface area contributed by atoms with Gasteiger partial charge in [-0.1, -0.05) is 13.8 Å². The molecule has 8 nitrogen and oxygen atoms in total. The molecule has 0 saturated heterocycles. The maximum absolute atomic E-state index is 14.0. The summed E-state index contributed by atoms with van der Waals surface area (Å²) in [4.78, 5) is 27.4. The highest BCUT2D eigenvalue weighted by atomic mass is 19.1. The van der Waals surface area contributed by atoms with E-state index in [1.807, 2.05) is 20.9 Å². The van der Waals surface area contributed by atoms with Gasteiger partial charge in [-0.25, -0.2) is 4.39 Å². The van der Waals surface area contributed by atoms with Crippen molar-refractivity contribution in [2.75, 3.05) is 14.1 Å². The average molecular weight is 499 g/mol. The number of amidine groups is 1. The summed E-state index contributed by atoms with van der Waals surface area (Å²) in [5.74, 6) is -0.178. The number of hydrogen-bond donors (Lipinski definition) is 3. The van der Waals surface area contributed by atoms with Gasteiger partial charge in [0.2, 0.25) is 0 Å². The van der Waals surface area contributed by atoms with E-state index in [9.17, 15) is 14.0 Å². The normalized spacial score (nSPS) is 14.4. The summed E-state index contributed by atoms with van der Waals surface area (Å²) in [7, 11) is 3.65. The number of aldehydes is 1. The third-order valence-electron chi connectivity index (χ3n) is 5.33. The Morgan fingerprint density at radius 1 is 1.25 bits per heavy atom. The van der Waals surface area contributed by atoms with E-state index in [0.717, 1.165) is 18.1 Å². The lowest BCUT2D eigenvalue weighted by atomic mass is 9.92. The van der Waals surface area contributed by atoms with Gasteiger partial charge >= 0.3 is 0 Å². The fourth-order valence-corrected chi connectivity index (χ4v) is 3.13. The van der Waals surface area contributed by atoms with Gasteiger partial charge in [0.1, 0.15) is 34.5 Å². The second-order valence-corrected chi connectivity index (χ2v) is 9.12. The summed E-state index contributed by atoms with van der Waals surface area (Å²) in [6.45, 7) is 8.13. The van der Waals surface area contributed by atoms with Crippen LogP contribution in [-0.2, 0) is 6.42 Å². The third-order valence-corrected chi connectivity index (χ3v) is 5.33. The molecule has 0 saturated carbocycles. The second-order valence-electron chi connectivity index (χ2n) is 9.12. The summed E-state index contributed by atoms with van der Waals surface area (Å²) < 4.78 is 26.0. The Labute approximate surface area is 211 Å². The average Bonchev–Trinajstić information content (AvgIpc) is 2.82. The van der Waals surface area contributed by atoms with Crippen LogP contribution in [0.25, 0.3) is 0 Å². The molecule has 0 fully saturated rings. The zero-order chi connectivity index (χ0) is 26.9. The van der Waals surface area contributed by atoms with Gasteiger partial charge in [-0.05, 0) is 70.3 Å². The van der Waals surface area contributed by atoms with Crippen LogP contribution in [-0.4, -0.2) is 43.8 Å². The number of carbonyl (C=O) groups excluding carboxylic acids is 2. The van der Waals surface area contributed by atoms with E-state index >= 15 is 0 Å². The molecule has 36 heavy (non-hydrogen) atoms. The van der Waals surface area contributed by atoms with Crippen LogP contribution in [0, 0.1) is 5.82 Å². The molecule has 0 aliphatic carbocycles. The number of carbonyl (C=O) groups is 2. The quantitative estimate of drug-likeness (QED) is 0.295. The number of aliphatic imine (C=N–C) groups is 1. The predicted molar refractivity (Wildman–Crippen MR) is 140 cm³/mol. The summed E-state index contributed by atoms with van der Waals surface area (Å²) >= 11 is 0. The van der Waals surface area contributed by atoms with Gasteiger partial charge in [-0.2, -0.15) is 4.99 Å². The molecule has 0 aromatic heterocycles. The molecule has 0 radical (unpaired) electrons. The first-order valence-electron chi connectivity index (χ1n) is 11.7. The Kier molecular flexibility index (Phi) is 10.2. The Morgan fingerprint density at radius 3 is 2.53 bits per heavy atom. The molecule has 2 aromatic carbocycles. The number of nitrogens with two attached hydrogens (primary N) is 1. The van der Waals surface area contributed by atoms with Gasteiger partial charge in [-0.3, -0.25) is 9.59 Å². The fourth-order valence-electron chi connectivity index (χ4n) is 3.13. The number of rotatable bonds is 7. The Balaban J connectivity index is 0.000000830. The molecule has 4 N–H and O–H groups in total. The van der Waals surface area contributed by atoms with Crippen LogP contribution in [0.15, 0.2) is 47.6 Å². The molecule has 1 amide bonds. The van der Waals surface area contributed by atoms with Crippen molar-refractivity contribution < 1.29 is 23.5 Å². The molecule has 1 heterocycles. The van der Waals surface area contributed by atoms with Gasteiger partial charge in [0, 0.05) is 30.3 Å². The van der Waals surface area contributed by atoms with Crippen LogP contribution in [0.3, 0.4) is 0 Å². The van der Waals surface area contributed by atoms with Gasteiger partial charge in [0.15, 0.2) is 6.29 Å². The van der Waals surface area contributed by atoms with Gasteiger partial charge in [-0.15, -0.1) is 0 Å². The molecule has 3 rings (SSSR count). The van der Waals surface area contributed by atoms with Crippen molar-refractivity contribution in [2.45, 2.75) is 52.2 Å². The predicted octanol–water partition coefficient (Wildman–Crippen LogP) is 4.38. The number of amides is 1. The minimum atomic E-state index is -0.695. The van der Waals surface area contributed by atoms with E-state index in [4.69, 9.17) is 15.2 Å². The zero-order valence-corrected chi connectivity index (χ0v) is 21.6. The minimum Gasteiger partial charge on any atom is -0.487 e.